The van der Waals surface area contributed by atoms with E-state index in [4.69, 9.17) is 10.5 Å². The number of nitrogens with two attached hydrogens (primary N) is 1. The van der Waals surface area contributed by atoms with E-state index in [-0.39, 0.29) is 11.7 Å². The molecule has 6 heteroatoms. The number of rotatable bonds is 3. The highest BCUT2D eigenvalue weighted by atomic mass is 19.1. The van der Waals surface area contributed by atoms with Gasteiger partial charge in [0.15, 0.2) is 0 Å². The van der Waals surface area contributed by atoms with Crippen LogP contribution in [0, 0.1) is 5.82 Å². The maximum Gasteiger partial charge on any atom is 0.244 e. The van der Waals surface area contributed by atoms with E-state index in [9.17, 15) is 9.18 Å². The van der Waals surface area contributed by atoms with Crippen LogP contribution in [0.2, 0.25) is 0 Å². The third-order valence-corrected chi connectivity index (χ3v) is 3.76. The maximum atomic E-state index is 13.7. The van der Waals surface area contributed by atoms with Crippen LogP contribution in [0.1, 0.15) is 12.8 Å². The number of morpholine rings is 1. The Morgan fingerprint density at radius 1 is 1.30 bits per heavy atom. The van der Waals surface area contributed by atoms with Crippen LogP contribution in [0.4, 0.5) is 15.8 Å². The predicted octanol–water partition coefficient (Wildman–Crippen LogP) is 1.09. The summed E-state index contributed by atoms with van der Waals surface area (Å²) in [7, 11) is 0. The summed E-state index contributed by atoms with van der Waals surface area (Å²) in [6, 6.07) is 4.56. The molecule has 1 saturated carbocycles. The molecule has 1 aliphatic heterocycles. The Hall–Kier alpha value is -1.66. The number of carbonyl (C=O) groups is 1. The van der Waals surface area contributed by atoms with Gasteiger partial charge in [0.2, 0.25) is 5.91 Å². The highest BCUT2D eigenvalue weighted by Crippen LogP contribution is 2.33. The molecule has 1 saturated heterocycles. The molecule has 3 N–H and O–H groups in total. The number of benzene rings is 1. The summed E-state index contributed by atoms with van der Waals surface area (Å²) in [6.45, 7) is 2.70. The van der Waals surface area contributed by atoms with Crippen molar-refractivity contribution >= 4 is 17.3 Å². The largest absolute Gasteiger partial charge is 0.378 e. The van der Waals surface area contributed by atoms with Gasteiger partial charge in [0.05, 0.1) is 18.8 Å². The van der Waals surface area contributed by atoms with Crippen molar-refractivity contribution in [1.29, 1.82) is 0 Å². The molecule has 0 spiro atoms. The van der Waals surface area contributed by atoms with Gasteiger partial charge in [-0.05, 0) is 31.0 Å². The normalized spacial score (nSPS) is 20.6. The van der Waals surface area contributed by atoms with Gasteiger partial charge in [-0.2, -0.15) is 0 Å². The number of nitrogens with zero attached hydrogens (tertiary/aromatic N) is 1. The van der Waals surface area contributed by atoms with Crippen molar-refractivity contribution in [2.45, 2.75) is 18.4 Å². The number of halogens is 1. The molecule has 1 heterocycles. The molecule has 0 radical (unpaired) electrons. The number of carbonyl (C=O) groups excluding carboxylic acids is 1. The van der Waals surface area contributed by atoms with Crippen molar-refractivity contribution in [2.24, 2.45) is 5.73 Å². The molecule has 1 amide bonds. The molecule has 2 fully saturated rings. The fourth-order valence-electron chi connectivity index (χ4n) is 2.27. The summed E-state index contributed by atoms with van der Waals surface area (Å²) in [6.07, 6.45) is 1.37. The van der Waals surface area contributed by atoms with Crippen LogP contribution in [-0.2, 0) is 9.53 Å². The second-order valence-electron chi connectivity index (χ2n) is 5.41. The molecule has 20 heavy (non-hydrogen) atoms. The van der Waals surface area contributed by atoms with Crippen molar-refractivity contribution in [3.05, 3.63) is 24.0 Å². The Balaban J connectivity index is 1.77. The van der Waals surface area contributed by atoms with Crippen LogP contribution in [0.5, 0.6) is 0 Å². The number of amides is 1. The quantitative estimate of drug-likeness (QED) is 0.869. The summed E-state index contributed by atoms with van der Waals surface area (Å²) in [5, 5.41) is 2.70. The summed E-state index contributed by atoms with van der Waals surface area (Å²) in [5.74, 6) is -0.609. The Kier molecular flexibility index (Phi) is 3.35. The first-order valence-electron chi connectivity index (χ1n) is 6.80. The summed E-state index contributed by atoms with van der Waals surface area (Å²) in [5.41, 5.74) is 6.27. The molecule has 0 aromatic heterocycles. The lowest BCUT2D eigenvalue weighted by Gasteiger charge is -2.29. The molecule has 1 aromatic rings. The van der Waals surface area contributed by atoms with Gasteiger partial charge in [-0.15, -0.1) is 0 Å². The number of hydrogen-bond acceptors (Lipinski definition) is 4. The van der Waals surface area contributed by atoms with Crippen molar-refractivity contribution in [3.63, 3.8) is 0 Å². The molecular formula is C14H18FN3O2. The van der Waals surface area contributed by atoms with E-state index in [1.54, 1.807) is 6.07 Å². The molecule has 1 aromatic carbocycles. The summed E-state index contributed by atoms with van der Waals surface area (Å²) in [4.78, 5) is 13.9. The van der Waals surface area contributed by atoms with Crippen molar-refractivity contribution < 1.29 is 13.9 Å². The van der Waals surface area contributed by atoms with Gasteiger partial charge in [0, 0.05) is 24.5 Å². The Morgan fingerprint density at radius 2 is 2.00 bits per heavy atom. The van der Waals surface area contributed by atoms with Gasteiger partial charge in [0.1, 0.15) is 5.82 Å². The number of anilines is 2. The molecular weight excluding hydrogens is 261 g/mol. The Labute approximate surface area is 116 Å². The number of ether oxygens (including phenoxy) is 1. The van der Waals surface area contributed by atoms with Gasteiger partial charge < -0.3 is 20.7 Å². The zero-order valence-electron chi connectivity index (χ0n) is 11.2. The Morgan fingerprint density at radius 3 is 2.65 bits per heavy atom. The van der Waals surface area contributed by atoms with E-state index in [1.165, 1.54) is 12.1 Å². The molecule has 108 valence electrons. The first kappa shape index (κ1) is 13.3. The first-order valence-corrected chi connectivity index (χ1v) is 6.80. The maximum absolute atomic E-state index is 13.7. The molecule has 3 rings (SSSR count). The van der Waals surface area contributed by atoms with E-state index < -0.39 is 5.54 Å². The molecule has 0 bridgehead atoms. The fraction of sp³-hybridized carbons (Fsp3) is 0.500. The van der Waals surface area contributed by atoms with E-state index in [0.29, 0.717) is 31.7 Å². The zero-order valence-corrected chi connectivity index (χ0v) is 11.2. The minimum absolute atomic E-state index is 0.240. The number of hydrogen-bond donors (Lipinski definition) is 2. The lowest BCUT2D eigenvalue weighted by Crippen LogP contribution is -2.38. The Bertz CT molecular complexity index is 525. The van der Waals surface area contributed by atoms with Crippen molar-refractivity contribution in [2.75, 3.05) is 36.5 Å². The average Bonchev–Trinajstić information content (AvgIpc) is 3.18. The van der Waals surface area contributed by atoms with E-state index in [1.807, 2.05) is 4.90 Å². The third kappa shape index (κ3) is 2.76. The van der Waals surface area contributed by atoms with E-state index in [2.05, 4.69) is 5.32 Å². The standard InChI is InChI=1S/C14H18FN3O2/c15-10-7-11(17-13(19)14(16)1-2-14)9-12(8-10)18-3-5-20-6-4-18/h7-9H,1-6,16H2,(H,17,19). The van der Waals surface area contributed by atoms with Crippen LogP contribution in [0.15, 0.2) is 18.2 Å². The number of nitrogens with one attached hydrogen (secondary N) is 1. The highest BCUT2D eigenvalue weighted by molar-refractivity contribution is 6.00. The SMILES string of the molecule is NC1(C(=O)Nc2cc(F)cc(N3CCOCC3)c2)CC1. The second kappa shape index (κ2) is 5.03. The first-order chi connectivity index (χ1) is 9.57. The van der Waals surface area contributed by atoms with Crippen molar-refractivity contribution in [1.82, 2.24) is 0 Å². The minimum Gasteiger partial charge on any atom is -0.378 e. The lowest BCUT2D eigenvalue weighted by molar-refractivity contribution is -0.118. The highest BCUT2D eigenvalue weighted by Gasteiger charge is 2.45. The topological polar surface area (TPSA) is 67.6 Å². The molecule has 2 aliphatic rings. The van der Waals surface area contributed by atoms with Crippen LogP contribution >= 0.6 is 0 Å². The molecule has 1 aliphatic carbocycles. The van der Waals surface area contributed by atoms with Gasteiger partial charge in [-0.1, -0.05) is 0 Å². The van der Waals surface area contributed by atoms with E-state index >= 15 is 0 Å². The smallest absolute Gasteiger partial charge is 0.244 e. The molecule has 0 atom stereocenters. The summed E-state index contributed by atoms with van der Waals surface area (Å²) >= 11 is 0. The predicted molar refractivity (Wildman–Crippen MR) is 74.2 cm³/mol. The second-order valence-corrected chi connectivity index (χ2v) is 5.41. The van der Waals surface area contributed by atoms with Gasteiger partial charge in [0.25, 0.3) is 0 Å². The van der Waals surface area contributed by atoms with Crippen LogP contribution < -0.4 is 16.0 Å². The van der Waals surface area contributed by atoms with Crippen LogP contribution in [0.25, 0.3) is 0 Å². The fourth-order valence-corrected chi connectivity index (χ4v) is 2.27. The third-order valence-electron chi connectivity index (χ3n) is 3.76. The van der Waals surface area contributed by atoms with Gasteiger partial charge >= 0.3 is 0 Å². The van der Waals surface area contributed by atoms with E-state index in [0.717, 1.165) is 18.8 Å². The van der Waals surface area contributed by atoms with Crippen LogP contribution in [-0.4, -0.2) is 37.7 Å². The van der Waals surface area contributed by atoms with Gasteiger partial charge in [-0.3, -0.25) is 4.79 Å². The van der Waals surface area contributed by atoms with Crippen LogP contribution in [0.3, 0.4) is 0 Å². The molecule has 5 nitrogen and oxygen atoms in total. The molecule has 0 unspecified atom stereocenters. The monoisotopic (exact) mass is 279 g/mol. The average molecular weight is 279 g/mol. The van der Waals surface area contributed by atoms with Gasteiger partial charge in [-0.25, -0.2) is 4.39 Å². The summed E-state index contributed by atoms with van der Waals surface area (Å²) < 4.78 is 19.0. The minimum atomic E-state index is -0.758. The van der Waals surface area contributed by atoms with Crippen molar-refractivity contribution in [3.8, 4) is 0 Å². The zero-order chi connectivity index (χ0) is 14.2. The lowest BCUT2D eigenvalue weighted by atomic mass is 10.2.